The van der Waals surface area contributed by atoms with Gasteiger partial charge >= 0.3 is 0 Å². The van der Waals surface area contributed by atoms with Crippen LogP contribution < -0.4 is 20.1 Å². The summed E-state index contributed by atoms with van der Waals surface area (Å²) in [7, 11) is 1.54. The summed E-state index contributed by atoms with van der Waals surface area (Å²) in [4.78, 5) is 24.6. The molecule has 29 heavy (non-hydrogen) atoms. The molecule has 3 rings (SSSR count). The number of para-hydroxylation sites is 2. The highest BCUT2D eigenvalue weighted by Crippen LogP contribution is 2.18. The Morgan fingerprint density at radius 2 is 1.41 bits per heavy atom. The molecule has 0 heterocycles. The topological polar surface area (TPSA) is 76.7 Å². The van der Waals surface area contributed by atoms with Gasteiger partial charge in [-0.2, -0.15) is 0 Å². The number of nitrogens with one attached hydrogen (secondary N) is 2. The molecule has 0 aliphatic carbocycles. The third-order valence-corrected chi connectivity index (χ3v) is 4.11. The molecule has 0 atom stereocenters. The molecule has 0 aromatic heterocycles. The second-order valence-electron chi connectivity index (χ2n) is 6.12. The van der Waals surface area contributed by atoms with Crippen LogP contribution in [0.25, 0.3) is 0 Å². The first-order chi connectivity index (χ1) is 14.2. The fourth-order valence-corrected chi connectivity index (χ4v) is 2.68. The van der Waals surface area contributed by atoms with Crippen LogP contribution in [0.4, 0.5) is 5.69 Å². The standard InChI is InChI=1S/C23H22N2O4/c1-24-23(27)20-12-5-6-13-21(20)25-22(26)17-8-7-11-19(16-17)29-15-14-28-18-9-3-2-4-10-18/h2-13,16H,14-15H2,1H3,(H,24,27)(H,25,26). The van der Waals surface area contributed by atoms with Crippen LogP contribution >= 0.6 is 0 Å². The van der Waals surface area contributed by atoms with E-state index in [0.29, 0.717) is 35.8 Å². The smallest absolute Gasteiger partial charge is 0.255 e. The molecular weight excluding hydrogens is 368 g/mol. The highest BCUT2D eigenvalue weighted by Gasteiger charge is 2.13. The molecule has 2 amide bonds. The van der Waals surface area contributed by atoms with E-state index >= 15 is 0 Å². The van der Waals surface area contributed by atoms with Crippen molar-refractivity contribution in [3.05, 3.63) is 90.0 Å². The minimum atomic E-state index is -0.327. The first-order valence-corrected chi connectivity index (χ1v) is 9.20. The van der Waals surface area contributed by atoms with Crippen molar-refractivity contribution in [1.29, 1.82) is 0 Å². The number of carbonyl (C=O) groups is 2. The minimum absolute atomic E-state index is 0.267. The van der Waals surface area contributed by atoms with Crippen LogP contribution in [-0.2, 0) is 0 Å². The van der Waals surface area contributed by atoms with Gasteiger partial charge < -0.3 is 20.1 Å². The zero-order valence-corrected chi connectivity index (χ0v) is 16.1. The molecule has 0 fully saturated rings. The quantitative estimate of drug-likeness (QED) is 0.574. The van der Waals surface area contributed by atoms with Gasteiger partial charge in [-0.05, 0) is 42.5 Å². The van der Waals surface area contributed by atoms with E-state index in [0.717, 1.165) is 5.75 Å². The maximum absolute atomic E-state index is 12.6. The van der Waals surface area contributed by atoms with Crippen molar-refractivity contribution in [3.63, 3.8) is 0 Å². The highest BCUT2D eigenvalue weighted by atomic mass is 16.5. The number of amides is 2. The van der Waals surface area contributed by atoms with E-state index in [1.807, 2.05) is 30.3 Å². The summed E-state index contributed by atoms with van der Waals surface area (Å²) in [5.41, 5.74) is 1.27. The fraction of sp³-hybridized carbons (Fsp3) is 0.130. The Morgan fingerprint density at radius 1 is 0.759 bits per heavy atom. The SMILES string of the molecule is CNC(=O)c1ccccc1NC(=O)c1cccc(OCCOc2ccccc2)c1. The Bertz CT molecular complexity index is 973. The number of ether oxygens (including phenoxy) is 2. The lowest BCUT2D eigenvalue weighted by molar-refractivity contribution is 0.0964. The molecule has 0 saturated heterocycles. The molecule has 3 aromatic carbocycles. The average molecular weight is 390 g/mol. The summed E-state index contributed by atoms with van der Waals surface area (Å²) >= 11 is 0. The van der Waals surface area contributed by atoms with Crippen LogP contribution in [-0.4, -0.2) is 32.1 Å². The molecule has 3 aromatic rings. The largest absolute Gasteiger partial charge is 0.490 e. The van der Waals surface area contributed by atoms with Gasteiger partial charge in [-0.15, -0.1) is 0 Å². The van der Waals surface area contributed by atoms with Crippen LogP contribution in [0.1, 0.15) is 20.7 Å². The van der Waals surface area contributed by atoms with E-state index in [2.05, 4.69) is 10.6 Å². The molecule has 0 unspecified atom stereocenters. The summed E-state index contributed by atoms with van der Waals surface area (Å²) in [5, 5.41) is 5.34. The van der Waals surface area contributed by atoms with Gasteiger partial charge in [0, 0.05) is 12.6 Å². The Morgan fingerprint density at radius 3 is 2.17 bits per heavy atom. The zero-order chi connectivity index (χ0) is 20.5. The summed E-state index contributed by atoms with van der Waals surface area (Å²) < 4.78 is 11.3. The first kappa shape index (κ1) is 19.9. The summed E-state index contributed by atoms with van der Waals surface area (Å²) in [5.74, 6) is 0.747. The molecule has 2 N–H and O–H groups in total. The molecule has 0 spiro atoms. The predicted octanol–water partition coefficient (Wildman–Crippen LogP) is 3.76. The maximum atomic E-state index is 12.6. The van der Waals surface area contributed by atoms with Gasteiger partial charge in [0.2, 0.25) is 0 Å². The molecular formula is C23H22N2O4. The normalized spacial score (nSPS) is 10.1. The molecule has 0 aliphatic rings. The third-order valence-electron chi connectivity index (χ3n) is 4.11. The molecule has 0 bridgehead atoms. The van der Waals surface area contributed by atoms with Crippen molar-refractivity contribution in [2.24, 2.45) is 0 Å². The Balaban J connectivity index is 1.59. The van der Waals surface area contributed by atoms with Crippen molar-refractivity contribution in [2.75, 3.05) is 25.6 Å². The lowest BCUT2D eigenvalue weighted by Crippen LogP contribution is -2.21. The van der Waals surface area contributed by atoms with Crippen molar-refractivity contribution < 1.29 is 19.1 Å². The second kappa shape index (κ2) is 9.94. The highest BCUT2D eigenvalue weighted by molar-refractivity contribution is 6.09. The van der Waals surface area contributed by atoms with E-state index in [9.17, 15) is 9.59 Å². The number of anilines is 1. The van der Waals surface area contributed by atoms with Gasteiger partial charge in [0.15, 0.2) is 0 Å². The number of benzene rings is 3. The van der Waals surface area contributed by atoms with Crippen molar-refractivity contribution >= 4 is 17.5 Å². The molecule has 0 saturated carbocycles. The Kier molecular flexibility index (Phi) is 6.84. The lowest BCUT2D eigenvalue weighted by Gasteiger charge is -2.11. The van der Waals surface area contributed by atoms with Crippen molar-refractivity contribution in [2.45, 2.75) is 0 Å². The molecule has 6 heteroatoms. The number of hydrogen-bond acceptors (Lipinski definition) is 4. The molecule has 6 nitrogen and oxygen atoms in total. The maximum Gasteiger partial charge on any atom is 0.255 e. The third kappa shape index (κ3) is 5.59. The van der Waals surface area contributed by atoms with Gasteiger partial charge in [0.1, 0.15) is 24.7 Å². The monoisotopic (exact) mass is 390 g/mol. The predicted molar refractivity (Wildman–Crippen MR) is 112 cm³/mol. The van der Waals surface area contributed by atoms with E-state index in [4.69, 9.17) is 9.47 Å². The second-order valence-corrected chi connectivity index (χ2v) is 6.12. The first-order valence-electron chi connectivity index (χ1n) is 9.20. The molecule has 0 radical (unpaired) electrons. The van der Waals surface area contributed by atoms with Crippen LogP contribution in [0.5, 0.6) is 11.5 Å². The van der Waals surface area contributed by atoms with Crippen LogP contribution in [0, 0.1) is 0 Å². The van der Waals surface area contributed by atoms with E-state index in [-0.39, 0.29) is 11.8 Å². The number of carbonyl (C=O) groups excluding carboxylic acids is 2. The van der Waals surface area contributed by atoms with Crippen molar-refractivity contribution in [3.8, 4) is 11.5 Å². The van der Waals surface area contributed by atoms with Crippen LogP contribution in [0.15, 0.2) is 78.9 Å². The fourth-order valence-electron chi connectivity index (χ4n) is 2.68. The number of rotatable bonds is 8. The Labute approximate surface area is 169 Å². The van der Waals surface area contributed by atoms with E-state index < -0.39 is 0 Å². The summed E-state index contributed by atoms with van der Waals surface area (Å²) in [6.45, 7) is 0.736. The van der Waals surface area contributed by atoms with Crippen LogP contribution in [0.3, 0.4) is 0 Å². The molecule has 148 valence electrons. The molecule has 0 aliphatic heterocycles. The Hall–Kier alpha value is -3.80. The van der Waals surface area contributed by atoms with Gasteiger partial charge in [0.25, 0.3) is 11.8 Å². The van der Waals surface area contributed by atoms with E-state index in [1.54, 1.807) is 55.6 Å². The average Bonchev–Trinajstić information content (AvgIpc) is 2.77. The van der Waals surface area contributed by atoms with Gasteiger partial charge in [-0.1, -0.05) is 36.4 Å². The summed E-state index contributed by atoms with van der Waals surface area (Å²) in [6.07, 6.45) is 0. The lowest BCUT2D eigenvalue weighted by atomic mass is 10.1. The van der Waals surface area contributed by atoms with Gasteiger partial charge in [-0.3, -0.25) is 9.59 Å². The van der Waals surface area contributed by atoms with Crippen LogP contribution in [0.2, 0.25) is 0 Å². The summed E-state index contributed by atoms with van der Waals surface area (Å²) in [6, 6.07) is 23.2. The van der Waals surface area contributed by atoms with Gasteiger partial charge in [-0.25, -0.2) is 0 Å². The minimum Gasteiger partial charge on any atom is -0.490 e. The van der Waals surface area contributed by atoms with Gasteiger partial charge in [0.05, 0.1) is 11.3 Å². The zero-order valence-electron chi connectivity index (χ0n) is 16.1. The van der Waals surface area contributed by atoms with Crippen molar-refractivity contribution in [1.82, 2.24) is 5.32 Å². The van der Waals surface area contributed by atoms with E-state index in [1.165, 1.54) is 0 Å². The number of hydrogen-bond donors (Lipinski definition) is 2.